The van der Waals surface area contributed by atoms with Crippen LogP contribution >= 0.6 is 0 Å². The van der Waals surface area contributed by atoms with E-state index in [9.17, 15) is 18.0 Å². The molecule has 23 heavy (non-hydrogen) atoms. The quantitative estimate of drug-likeness (QED) is 0.882. The van der Waals surface area contributed by atoms with Crippen molar-refractivity contribution in [1.82, 2.24) is 14.6 Å². The first-order chi connectivity index (χ1) is 11.0. The molecule has 2 amide bonds. The Labute approximate surface area is 133 Å². The van der Waals surface area contributed by atoms with Crippen LogP contribution in [0.25, 0.3) is 0 Å². The molecule has 2 aromatic rings. The Balaban J connectivity index is 1.71. The normalized spacial score (nSPS) is 15.3. The van der Waals surface area contributed by atoms with Gasteiger partial charge in [-0.1, -0.05) is 12.1 Å². The number of nitrogens with one attached hydrogen (secondary N) is 1. The minimum atomic E-state index is -3.96. The van der Waals surface area contributed by atoms with E-state index in [1.54, 1.807) is 30.6 Å². The maximum atomic E-state index is 12.3. The number of carbonyl (C=O) groups excluding carboxylic acids is 2. The molecule has 0 unspecified atom stereocenters. The van der Waals surface area contributed by atoms with Gasteiger partial charge in [-0.25, -0.2) is 12.7 Å². The van der Waals surface area contributed by atoms with Gasteiger partial charge >= 0.3 is 0 Å². The molecule has 1 aliphatic rings. The van der Waals surface area contributed by atoms with E-state index in [1.807, 2.05) is 0 Å². The van der Waals surface area contributed by atoms with Crippen molar-refractivity contribution >= 4 is 21.8 Å². The third kappa shape index (κ3) is 2.80. The molecule has 0 spiro atoms. The smallest absolute Gasteiger partial charge is 0.269 e. The molecule has 0 fully saturated rings. The molecule has 2 heterocycles. The number of hydrogen-bond donors (Lipinski definition) is 1. The van der Waals surface area contributed by atoms with Crippen molar-refractivity contribution in [2.75, 3.05) is 6.54 Å². The van der Waals surface area contributed by atoms with Crippen LogP contribution in [0.1, 0.15) is 15.9 Å². The summed E-state index contributed by atoms with van der Waals surface area (Å²) in [6.45, 7) is -0.308. The van der Waals surface area contributed by atoms with E-state index in [4.69, 9.17) is 0 Å². The maximum absolute atomic E-state index is 12.3. The Morgan fingerprint density at radius 2 is 1.83 bits per heavy atom. The first-order valence-electron chi connectivity index (χ1n) is 6.82. The van der Waals surface area contributed by atoms with Gasteiger partial charge < -0.3 is 5.32 Å². The molecule has 8 heteroatoms. The van der Waals surface area contributed by atoms with Gasteiger partial charge in [0.25, 0.3) is 15.9 Å². The fourth-order valence-corrected chi connectivity index (χ4v) is 3.80. The van der Waals surface area contributed by atoms with Gasteiger partial charge in [0.2, 0.25) is 5.91 Å². The molecular formula is C15H13N3O4S. The van der Waals surface area contributed by atoms with E-state index < -0.39 is 28.4 Å². The number of rotatable bonds is 4. The average molecular weight is 331 g/mol. The molecule has 1 aromatic carbocycles. The van der Waals surface area contributed by atoms with Gasteiger partial charge in [-0.3, -0.25) is 14.6 Å². The highest BCUT2D eigenvalue weighted by atomic mass is 32.2. The lowest BCUT2D eigenvalue weighted by Gasteiger charge is -2.14. The summed E-state index contributed by atoms with van der Waals surface area (Å²) >= 11 is 0. The third-order valence-corrected chi connectivity index (χ3v) is 5.23. The zero-order valence-electron chi connectivity index (χ0n) is 12.0. The van der Waals surface area contributed by atoms with Gasteiger partial charge in [0.15, 0.2) is 0 Å². The van der Waals surface area contributed by atoms with Crippen LogP contribution in [0, 0.1) is 0 Å². The summed E-state index contributed by atoms with van der Waals surface area (Å²) in [5.41, 5.74) is 0.918. The van der Waals surface area contributed by atoms with Crippen molar-refractivity contribution in [3.63, 3.8) is 0 Å². The average Bonchev–Trinajstić information content (AvgIpc) is 2.75. The molecule has 0 radical (unpaired) electrons. The molecule has 0 saturated carbocycles. The highest BCUT2D eigenvalue weighted by molar-refractivity contribution is 7.90. The van der Waals surface area contributed by atoms with Gasteiger partial charge in [-0.2, -0.15) is 0 Å². The number of nitrogens with zero attached hydrogens (tertiary/aromatic N) is 2. The monoisotopic (exact) mass is 331 g/mol. The van der Waals surface area contributed by atoms with Crippen molar-refractivity contribution in [2.45, 2.75) is 11.4 Å². The lowest BCUT2D eigenvalue weighted by molar-refractivity contribution is -0.121. The van der Waals surface area contributed by atoms with Crippen molar-refractivity contribution in [3.8, 4) is 0 Å². The number of sulfonamides is 1. The van der Waals surface area contributed by atoms with Crippen molar-refractivity contribution in [3.05, 3.63) is 59.9 Å². The molecule has 1 N–H and O–H groups in total. The molecular weight excluding hydrogens is 318 g/mol. The first-order valence-corrected chi connectivity index (χ1v) is 8.26. The molecule has 7 nitrogen and oxygen atoms in total. The predicted octanol–water partition coefficient (Wildman–Crippen LogP) is 0.542. The van der Waals surface area contributed by atoms with Crippen LogP contribution in [0.5, 0.6) is 0 Å². The van der Waals surface area contributed by atoms with Crippen LogP contribution in [-0.4, -0.2) is 36.1 Å². The molecule has 3 rings (SSSR count). The first kappa shape index (κ1) is 15.2. The zero-order valence-corrected chi connectivity index (χ0v) is 12.8. The summed E-state index contributed by atoms with van der Waals surface area (Å²) in [5, 5.41) is 2.59. The van der Waals surface area contributed by atoms with Gasteiger partial charge in [-0.15, -0.1) is 0 Å². The Kier molecular flexibility index (Phi) is 3.83. The van der Waals surface area contributed by atoms with Crippen LogP contribution in [0.2, 0.25) is 0 Å². The Morgan fingerprint density at radius 1 is 1.13 bits per heavy atom. The summed E-state index contributed by atoms with van der Waals surface area (Å²) in [5.74, 6) is -1.23. The van der Waals surface area contributed by atoms with Crippen molar-refractivity contribution < 1.29 is 18.0 Å². The summed E-state index contributed by atoms with van der Waals surface area (Å²) < 4.78 is 25.2. The molecule has 1 aliphatic heterocycles. The van der Waals surface area contributed by atoms with Crippen LogP contribution < -0.4 is 5.32 Å². The molecule has 0 bridgehead atoms. The minimum absolute atomic E-state index is 0.0630. The van der Waals surface area contributed by atoms with E-state index in [2.05, 4.69) is 10.3 Å². The Morgan fingerprint density at radius 3 is 2.52 bits per heavy atom. The van der Waals surface area contributed by atoms with Crippen molar-refractivity contribution in [1.29, 1.82) is 0 Å². The molecule has 1 aromatic heterocycles. The van der Waals surface area contributed by atoms with E-state index >= 15 is 0 Å². The molecule has 0 saturated heterocycles. The number of aromatic nitrogens is 1. The van der Waals surface area contributed by atoms with Gasteiger partial charge in [-0.05, 0) is 29.8 Å². The predicted molar refractivity (Wildman–Crippen MR) is 80.7 cm³/mol. The summed E-state index contributed by atoms with van der Waals surface area (Å²) in [4.78, 5) is 28.0. The van der Waals surface area contributed by atoms with Gasteiger partial charge in [0.1, 0.15) is 11.4 Å². The van der Waals surface area contributed by atoms with E-state index in [0.29, 0.717) is 4.31 Å². The Hall–Kier alpha value is -2.74. The Bertz CT molecular complexity index is 865. The van der Waals surface area contributed by atoms with Gasteiger partial charge in [0.05, 0.1) is 5.56 Å². The minimum Gasteiger partial charge on any atom is -0.350 e. The van der Waals surface area contributed by atoms with E-state index in [1.165, 1.54) is 18.2 Å². The zero-order chi connectivity index (χ0) is 16.4. The van der Waals surface area contributed by atoms with Crippen LogP contribution in [0.3, 0.4) is 0 Å². The fraction of sp³-hybridized carbons (Fsp3) is 0.133. The van der Waals surface area contributed by atoms with Crippen LogP contribution in [0.4, 0.5) is 0 Å². The third-order valence-electron chi connectivity index (χ3n) is 3.44. The highest BCUT2D eigenvalue weighted by Gasteiger charge is 2.41. The lowest BCUT2D eigenvalue weighted by atomic mass is 10.2. The number of carbonyl (C=O) groups is 2. The number of pyridine rings is 1. The molecule has 0 aliphatic carbocycles. The summed E-state index contributed by atoms with van der Waals surface area (Å²) in [7, 11) is -3.96. The number of amides is 2. The van der Waals surface area contributed by atoms with E-state index in [-0.39, 0.29) is 17.0 Å². The van der Waals surface area contributed by atoms with Crippen LogP contribution in [0.15, 0.2) is 53.7 Å². The number of benzene rings is 1. The SMILES string of the molecule is O=C(CN1C(=O)c2ccccc2S1(=O)=O)NCc1ccncc1. The second-order valence-corrected chi connectivity index (χ2v) is 6.78. The van der Waals surface area contributed by atoms with E-state index in [0.717, 1.165) is 5.56 Å². The second-order valence-electron chi connectivity index (χ2n) is 4.95. The second kappa shape index (κ2) is 5.81. The van der Waals surface area contributed by atoms with Gasteiger partial charge in [0, 0.05) is 18.9 Å². The highest BCUT2D eigenvalue weighted by Crippen LogP contribution is 2.29. The largest absolute Gasteiger partial charge is 0.350 e. The number of hydrogen-bond acceptors (Lipinski definition) is 5. The summed E-state index contributed by atoms with van der Waals surface area (Å²) in [6, 6.07) is 9.37. The molecule has 118 valence electrons. The standard InChI is InChI=1S/C15H13N3O4S/c19-14(17-9-11-5-7-16-8-6-11)10-18-15(20)12-3-1-2-4-13(12)23(18,21)22/h1-8H,9-10H2,(H,17,19). The van der Waals surface area contributed by atoms with Crippen molar-refractivity contribution in [2.24, 2.45) is 0 Å². The number of fused-ring (bicyclic) bond motifs is 1. The lowest BCUT2D eigenvalue weighted by Crippen LogP contribution is -2.40. The maximum Gasteiger partial charge on any atom is 0.269 e. The fourth-order valence-electron chi connectivity index (χ4n) is 2.27. The summed E-state index contributed by atoms with van der Waals surface area (Å²) in [6.07, 6.45) is 3.18. The topological polar surface area (TPSA) is 96.4 Å². The van der Waals surface area contributed by atoms with Crippen LogP contribution in [-0.2, 0) is 21.4 Å². The molecule has 0 atom stereocenters.